The molecule has 3 aromatic rings. The van der Waals surface area contributed by atoms with Gasteiger partial charge in [-0.05, 0) is 37.4 Å². The average Bonchev–Trinajstić information content (AvgIpc) is 3.28. The molecule has 0 unspecified atom stereocenters. The van der Waals surface area contributed by atoms with Gasteiger partial charge in [0.2, 0.25) is 5.91 Å². The van der Waals surface area contributed by atoms with Crippen LogP contribution in [0.25, 0.3) is 0 Å². The number of aromatic amines is 1. The van der Waals surface area contributed by atoms with Crippen molar-refractivity contribution in [2.75, 3.05) is 48.8 Å². The van der Waals surface area contributed by atoms with Crippen molar-refractivity contribution in [2.24, 2.45) is 0 Å². The third kappa shape index (κ3) is 5.37. The molecule has 1 aliphatic rings. The first kappa shape index (κ1) is 20.4. The summed E-state index contributed by atoms with van der Waals surface area (Å²) in [5, 5.41) is 12.7. The molecule has 3 N–H and O–H groups in total. The number of benzene rings is 1. The molecule has 2 aromatic heterocycles. The van der Waals surface area contributed by atoms with Crippen LogP contribution in [-0.4, -0.2) is 64.2 Å². The summed E-state index contributed by atoms with van der Waals surface area (Å²) in [4.78, 5) is 25.0. The largest absolute Gasteiger partial charge is 0.424 e. The van der Waals surface area contributed by atoms with E-state index in [1.165, 1.54) is 6.08 Å². The number of aromatic nitrogens is 4. The molecule has 0 bridgehead atoms. The first-order valence-corrected chi connectivity index (χ1v) is 9.89. The topological polar surface area (TPSA) is 111 Å². The maximum atomic E-state index is 11.4. The molecule has 0 atom stereocenters. The fraction of sp³-hybridized carbons (Fsp3) is 0.238. The predicted molar refractivity (Wildman–Crippen MR) is 119 cm³/mol. The van der Waals surface area contributed by atoms with Gasteiger partial charge in [-0.1, -0.05) is 6.58 Å². The van der Waals surface area contributed by atoms with Crippen molar-refractivity contribution < 1.29 is 9.53 Å². The number of nitrogens with zero attached hydrogens (tertiary/aromatic N) is 5. The molecule has 1 amide bonds. The lowest BCUT2D eigenvalue weighted by molar-refractivity contribution is -0.111. The van der Waals surface area contributed by atoms with E-state index < -0.39 is 0 Å². The standard InChI is InChI=1S/C21H24N8O2/c1-3-20(30)23-15-4-6-16(7-5-15)31-21-25-18(24-17-8-9-22-27-17)14-19(26-21)29-12-10-28(2)11-13-29/h3-9,14H,1,10-13H2,2H3,(H,23,30)(H2,22,24,25,26,27). The normalized spacial score (nSPS) is 14.2. The van der Waals surface area contributed by atoms with Crippen molar-refractivity contribution in [2.45, 2.75) is 0 Å². The SMILES string of the molecule is C=CC(=O)Nc1ccc(Oc2nc(Nc3ccn[nH]3)cc(N3CCN(C)CC3)n2)cc1. The lowest BCUT2D eigenvalue weighted by atomic mass is 10.3. The summed E-state index contributed by atoms with van der Waals surface area (Å²) in [6.07, 6.45) is 2.88. The lowest BCUT2D eigenvalue weighted by Gasteiger charge is -2.33. The third-order valence-electron chi connectivity index (χ3n) is 4.80. The van der Waals surface area contributed by atoms with Crippen LogP contribution in [0.2, 0.25) is 0 Å². The second kappa shape index (κ2) is 9.26. The molecular weight excluding hydrogens is 396 g/mol. The minimum absolute atomic E-state index is 0.223. The highest BCUT2D eigenvalue weighted by Crippen LogP contribution is 2.26. The minimum Gasteiger partial charge on any atom is -0.424 e. The van der Waals surface area contributed by atoms with Crippen molar-refractivity contribution >= 4 is 29.0 Å². The van der Waals surface area contributed by atoms with Crippen molar-refractivity contribution in [3.63, 3.8) is 0 Å². The Morgan fingerprint density at radius 3 is 2.61 bits per heavy atom. The van der Waals surface area contributed by atoms with Gasteiger partial charge in [-0.3, -0.25) is 9.89 Å². The molecule has 1 fully saturated rings. The molecule has 0 saturated carbocycles. The molecule has 0 aliphatic carbocycles. The zero-order valence-corrected chi connectivity index (χ0v) is 17.2. The van der Waals surface area contributed by atoms with E-state index in [0.29, 0.717) is 17.3 Å². The number of rotatable bonds is 7. The van der Waals surface area contributed by atoms with Crippen LogP contribution in [-0.2, 0) is 4.79 Å². The predicted octanol–water partition coefficient (Wildman–Crippen LogP) is 2.61. The molecule has 4 rings (SSSR count). The van der Waals surface area contributed by atoms with Gasteiger partial charge in [-0.15, -0.1) is 0 Å². The van der Waals surface area contributed by atoms with Crippen LogP contribution < -0.4 is 20.3 Å². The number of hydrogen-bond acceptors (Lipinski definition) is 8. The summed E-state index contributed by atoms with van der Waals surface area (Å²) in [5.74, 6) is 2.38. The Morgan fingerprint density at radius 1 is 1.16 bits per heavy atom. The van der Waals surface area contributed by atoms with Gasteiger partial charge in [0.05, 0.1) is 6.20 Å². The number of hydrogen-bond donors (Lipinski definition) is 3. The van der Waals surface area contributed by atoms with Gasteiger partial charge in [0.1, 0.15) is 23.2 Å². The Kier molecular flexibility index (Phi) is 6.08. The quantitative estimate of drug-likeness (QED) is 0.500. The summed E-state index contributed by atoms with van der Waals surface area (Å²) in [6, 6.07) is 10.9. The van der Waals surface area contributed by atoms with Crippen LogP contribution in [0.1, 0.15) is 0 Å². The first-order chi connectivity index (χ1) is 15.1. The van der Waals surface area contributed by atoms with Gasteiger partial charge in [-0.25, -0.2) is 0 Å². The van der Waals surface area contributed by atoms with E-state index in [1.807, 2.05) is 12.1 Å². The monoisotopic (exact) mass is 420 g/mol. The summed E-state index contributed by atoms with van der Waals surface area (Å²) in [7, 11) is 2.11. The zero-order chi connectivity index (χ0) is 21.6. The third-order valence-corrected chi connectivity index (χ3v) is 4.80. The molecular formula is C21H24N8O2. The Hall–Kier alpha value is -3.92. The molecule has 0 radical (unpaired) electrons. The first-order valence-electron chi connectivity index (χ1n) is 9.89. The van der Waals surface area contributed by atoms with Crippen molar-refractivity contribution in [3.8, 4) is 11.8 Å². The van der Waals surface area contributed by atoms with E-state index in [4.69, 9.17) is 4.74 Å². The molecule has 1 aromatic carbocycles. The maximum Gasteiger partial charge on any atom is 0.325 e. The molecule has 160 valence electrons. The van der Waals surface area contributed by atoms with Gasteiger partial charge in [0, 0.05) is 44.0 Å². The summed E-state index contributed by atoms with van der Waals surface area (Å²) in [6.45, 7) is 7.10. The van der Waals surface area contributed by atoms with Gasteiger partial charge in [0.25, 0.3) is 0 Å². The van der Waals surface area contributed by atoms with Gasteiger partial charge < -0.3 is 25.2 Å². The fourth-order valence-corrected chi connectivity index (χ4v) is 3.09. The van der Waals surface area contributed by atoms with E-state index in [0.717, 1.165) is 37.8 Å². The second-order valence-corrected chi connectivity index (χ2v) is 7.10. The van der Waals surface area contributed by atoms with Crippen molar-refractivity contribution in [1.29, 1.82) is 0 Å². The Morgan fingerprint density at radius 2 is 1.94 bits per heavy atom. The van der Waals surface area contributed by atoms with Crippen LogP contribution in [0.5, 0.6) is 11.8 Å². The number of piperazine rings is 1. The summed E-state index contributed by atoms with van der Waals surface area (Å²) >= 11 is 0. The van der Waals surface area contributed by atoms with E-state index in [-0.39, 0.29) is 11.9 Å². The van der Waals surface area contributed by atoms with Crippen molar-refractivity contribution in [3.05, 3.63) is 55.3 Å². The molecule has 3 heterocycles. The molecule has 0 spiro atoms. The van der Waals surface area contributed by atoms with Crippen LogP contribution >= 0.6 is 0 Å². The average molecular weight is 420 g/mol. The highest BCUT2D eigenvalue weighted by atomic mass is 16.5. The van der Waals surface area contributed by atoms with E-state index in [2.05, 4.69) is 54.2 Å². The lowest BCUT2D eigenvalue weighted by Crippen LogP contribution is -2.44. The number of amides is 1. The van der Waals surface area contributed by atoms with Gasteiger partial charge in [0.15, 0.2) is 0 Å². The minimum atomic E-state index is -0.272. The zero-order valence-electron chi connectivity index (χ0n) is 17.2. The van der Waals surface area contributed by atoms with E-state index >= 15 is 0 Å². The maximum absolute atomic E-state index is 11.4. The summed E-state index contributed by atoms with van der Waals surface area (Å²) in [5.41, 5.74) is 0.644. The van der Waals surface area contributed by atoms with Crippen LogP contribution in [0, 0.1) is 0 Å². The number of carbonyl (C=O) groups is 1. The van der Waals surface area contributed by atoms with Gasteiger partial charge >= 0.3 is 6.01 Å². The molecule has 10 heteroatoms. The van der Waals surface area contributed by atoms with E-state index in [1.54, 1.807) is 30.5 Å². The number of nitrogens with one attached hydrogen (secondary N) is 3. The Balaban J connectivity index is 1.55. The Labute approximate surface area is 180 Å². The smallest absolute Gasteiger partial charge is 0.325 e. The van der Waals surface area contributed by atoms with Crippen molar-refractivity contribution in [1.82, 2.24) is 25.1 Å². The molecule has 1 saturated heterocycles. The molecule has 31 heavy (non-hydrogen) atoms. The highest BCUT2D eigenvalue weighted by molar-refractivity contribution is 5.98. The molecule has 10 nitrogen and oxygen atoms in total. The number of carbonyl (C=O) groups excluding carboxylic acids is 1. The highest BCUT2D eigenvalue weighted by Gasteiger charge is 2.18. The van der Waals surface area contributed by atoms with Crippen LogP contribution in [0.4, 0.5) is 23.1 Å². The number of ether oxygens (including phenoxy) is 1. The number of H-pyrrole nitrogens is 1. The van der Waals surface area contributed by atoms with Crippen LogP contribution in [0.3, 0.4) is 0 Å². The van der Waals surface area contributed by atoms with E-state index in [9.17, 15) is 4.79 Å². The Bertz CT molecular complexity index is 1030. The fourth-order valence-electron chi connectivity index (χ4n) is 3.09. The second-order valence-electron chi connectivity index (χ2n) is 7.10. The number of anilines is 4. The van der Waals surface area contributed by atoms with Gasteiger partial charge in [-0.2, -0.15) is 15.1 Å². The summed E-state index contributed by atoms with van der Waals surface area (Å²) < 4.78 is 5.92. The van der Waals surface area contributed by atoms with Crippen LogP contribution in [0.15, 0.2) is 55.3 Å². The molecule has 1 aliphatic heterocycles. The number of likely N-dealkylation sites (N-methyl/N-ethyl adjacent to an activating group) is 1.